The molecule has 2 aliphatic heterocycles. The van der Waals surface area contributed by atoms with Gasteiger partial charge in [-0.1, -0.05) is 60.7 Å². The summed E-state index contributed by atoms with van der Waals surface area (Å²) >= 11 is 0. The molecular weight excluding hydrogens is 298 g/mol. The molecule has 0 spiro atoms. The summed E-state index contributed by atoms with van der Waals surface area (Å²) in [7, 11) is 0. The smallest absolute Gasteiger partial charge is 0.176 e. The monoisotopic (exact) mass is 319 g/mol. The number of ether oxygens (including phenoxy) is 1. The molecule has 122 valence electrons. The van der Waals surface area contributed by atoms with Crippen LogP contribution in [0, 0.1) is 0 Å². The first-order valence-corrected chi connectivity index (χ1v) is 8.40. The van der Waals surface area contributed by atoms with Gasteiger partial charge in [-0.25, -0.2) is 9.98 Å². The first kappa shape index (κ1) is 15.1. The molecule has 24 heavy (non-hydrogen) atoms. The third-order valence-electron chi connectivity index (χ3n) is 4.54. The fraction of sp³-hybridized carbons (Fsp3) is 0.300. The normalized spacial score (nSPS) is 23.8. The van der Waals surface area contributed by atoms with Crippen molar-refractivity contribution in [3.63, 3.8) is 0 Å². The van der Waals surface area contributed by atoms with Gasteiger partial charge in [-0.2, -0.15) is 0 Å². The van der Waals surface area contributed by atoms with E-state index >= 15 is 0 Å². The van der Waals surface area contributed by atoms with Crippen LogP contribution in [0.5, 0.6) is 0 Å². The van der Waals surface area contributed by atoms with Crippen molar-refractivity contribution in [1.82, 2.24) is 4.90 Å². The maximum atomic E-state index is 5.50. The molecule has 2 heterocycles. The van der Waals surface area contributed by atoms with Crippen LogP contribution < -0.4 is 0 Å². The van der Waals surface area contributed by atoms with Crippen LogP contribution in [0.4, 0.5) is 0 Å². The summed E-state index contributed by atoms with van der Waals surface area (Å²) in [5, 5.41) is 0. The highest BCUT2D eigenvalue weighted by Gasteiger charge is 2.36. The summed E-state index contributed by atoms with van der Waals surface area (Å²) in [6, 6.07) is 20.6. The lowest BCUT2D eigenvalue weighted by molar-refractivity contribution is 0.0687. The Morgan fingerprint density at radius 1 is 0.875 bits per heavy atom. The molecule has 4 heteroatoms. The van der Waals surface area contributed by atoms with Crippen molar-refractivity contribution in [2.75, 3.05) is 26.3 Å². The van der Waals surface area contributed by atoms with Crippen LogP contribution in [-0.4, -0.2) is 42.8 Å². The molecule has 0 aliphatic carbocycles. The Kier molecular flexibility index (Phi) is 3.90. The lowest BCUT2D eigenvalue weighted by atomic mass is 10.0. The Morgan fingerprint density at radius 2 is 1.50 bits per heavy atom. The molecule has 4 rings (SSSR count). The van der Waals surface area contributed by atoms with E-state index in [1.165, 1.54) is 0 Å². The lowest BCUT2D eigenvalue weighted by Gasteiger charge is -2.29. The topological polar surface area (TPSA) is 37.2 Å². The van der Waals surface area contributed by atoms with E-state index in [2.05, 4.69) is 36.1 Å². The highest BCUT2D eigenvalue weighted by molar-refractivity contribution is 6.48. The van der Waals surface area contributed by atoms with Crippen molar-refractivity contribution in [2.45, 2.75) is 12.6 Å². The predicted octanol–water partition coefficient (Wildman–Crippen LogP) is 3.09. The van der Waals surface area contributed by atoms with Crippen molar-refractivity contribution >= 4 is 11.5 Å². The van der Waals surface area contributed by atoms with E-state index in [1.807, 2.05) is 36.4 Å². The maximum Gasteiger partial charge on any atom is 0.176 e. The molecule has 0 bridgehead atoms. The minimum Gasteiger partial charge on any atom is -0.378 e. The highest BCUT2D eigenvalue weighted by Crippen LogP contribution is 2.33. The number of hydrogen-bond acceptors (Lipinski definition) is 4. The number of nitrogens with zero attached hydrogens (tertiary/aromatic N) is 3. The van der Waals surface area contributed by atoms with Gasteiger partial charge in [-0.05, 0) is 6.92 Å². The summed E-state index contributed by atoms with van der Waals surface area (Å²) in [6.07, 6.45) is 0. The SMILES string of the molecule is CC1(c2ccccc2)N=C(c2ccccc2)C(N2CCOCC2)=N1. The van der Waals surface area contributed by atoms with Crippen LogP contribution in [0.15, 0.2) is 70.6 Å². The quantitative estimate of drug-likeness (QED) is 0.853. The molecule has 2 aliphatic rings. The molecule has 1 saturated heterocycles. The number of benzene rings is 2. The molecule has 1 fully saturated rings. The second-order valence-electron chi connectivity index (χ2n) is 6.25. The lowest BCUT2D eigenvalue weighted by Crippen LogP contribution is -2.43. The molecule has 4 nitrogen and oxygen atoms in total. The summed E-state index contributed by atoms with van der Waals surface area (Å²) in [5.41, 5.74) is 2.63. The van der Waals surface area contributed by atoms with Crippen molar-refractivity contribution in [3.05, 3.63) is 71.8 Å². The molecule has 2 aromatic rings. The average Bonchev–Trinajstić information content (AvgIpc) is 3.03. The van der Waals surface area contributed by atoms with Crippen LogP contribution in [0.3, 0.4) is 0 Å². The Hall–Kier alpha value is -2.46. The van der Waals surface area contributed by atoms with Gasteiger partial charge in [0.25, 0.3) is 0 Å². The molecule has 0 saturated carbocycles. The zero-order valence-corrected chi connectivity index (χ0v) is 13.9. The first-order chi connectivity index (χ1) is 11.8. The summed E-state index contributed by atoms with van der Waals surface area (Å²) in [5.74, 6) is 0.982. The van der Waals surface area contributed by atoms with Crippen LogP contribution >= 0.6 is 0 Å². The van der Waals surface area contributed by atoms with Crippen LogP contribution in [0.1, 0.15) is 18.1 Å². The number of rotatable bonds is 2. The number of morpholine rings is 1. The second-order valence-corrected chi connectivity index (χ2v) is 6.25. The van der Waals surface area contributed by atoms with E-state index in [-0.39, 0.29) is 0 Å². The Bertz CT molecular complexity index is 764. The Balaban J connectivity index is 1.79. The van der Waals surface area contributed by atoms with E-state index in [0.717, 1.165) is 49.0 Å². The first-order valence-electron chi connectivity index (χ1n) is 8.40. The fourth-order valence-electron chi connectivity index (χ4n) is 3.22. The van der Waals surface area contributed by atoms with Gasteiger partial charge in [0.1, 0.15) is 5.71 Å². The van der Waals surface area contributed by atoms with Crippen LogP contribution in [0.25, 0.3) is 0 Å². The van der Waals surface area contributed by atoms with Gasteiger partial charge in [0, 0.05) is 24.2 Å². The standard InChI is InChI=1S/C20H21N3O/c1-20(17-10-6-3-7-11-17)21-18(16-8-4-2-5-9-16)19(22-20)23-12-14-24-15-13-23/h2-11H,12-15H2,1H3. The molecule has 2 aromatic carbocycles. The van der Waals surface area contributed by atoms with E-state index in [0.29, 0.717) is 0 Å². The summed E-state index contributed by atoms with van der Waals surface area (Å²) in [6.45, 7) is 5.27. The molecule has 1 unspecified atom stereocenters. The van der Waals surface area contributed by atoms with Crippen molar-refractivity contribution < 1.29 is 4.74 Å². The zero-order valence-electron chi connectivity index (χ0n) is 13.9. The molecule has 0 N–H and O–H groups in total. The van der Waals surface area contributed by atoms with Gasteiger partial charge in [-0.15, -0.1) is 0 Å². The van der Waals surface area contributed by atoms with Gasteiger partial charge in [-0.3, -0.25) is 0 Å². The van der Waals surface area contributed by atoms with Gasteiger partial charge in [0.05, 0.1) is 13.2 Å². The molecular formula is C20H21N3O. The maximum absolute atomic E-state index is 5.50. The fourth-order valence-corrected chi connectivity index (χ4v) is 3.22. The van der Waals surface area contributed by atoms with Crippen LogP contribution in [0.2, 0.25) is 0 Å². The Labute approximate surface area is 142 Å². The minimum absolute atomic E-state index is 0.569. The molecule has 0 radical (unpaired) electrons. The third-order valence-corrected chi connectivity index (χ3v) is 4.54. The van der Waals surface area contributed by atoms with E-state index in [1.54, 1.807) is 0 Å². The molecule has 0 amide bonds. The second kappa shape index (κ2) is 6.21. The van der Waals surface area contributed by atoms with E-state index in [9.17, 15) is 0 Å². The predicted molar refractivity (Wildman–Crippen MR) is 96.6 cm³/mol. The average molecular weight is 319 g/mol. The number of amidine groups is 1. The Morgan fingerprint density at radius 3 is 2.17 bits per heavy atom. The number of hydrogen-bond donors (Lipinski definition) is 0. The summed E-state index contributed by atoms with van der Waals surface area (Å²) in [4.78, 5) is 12.4. The minimum atomic E-state index is -0.569. The van der Waals surface area contributed by atoms with E-state index in [4.69, 9.17) is 14.7 Å². The van der Waals surface area contributed by atoms with Crippen molar-refractivity contribution in [3.8, 4) is 0 Å². The number of aliphatic imine (C=N–C) groups is 2. The molecule has 0 aromatic heterocycles. The van der Waals surface area contributed by atoms with Crippen molar-refractivity contribution in [2.24, 2.45) is 9.98 Å². The summed E-state index contributed by atoms with van der Waals surface area (Å²) < 4.78 is 5.50. The molecule has 1 atom stereocenters. The van der Waals surface area contributed by atoms with Gasteiger partial charge in [0.2, 0.25) is 0 Å². The van der Waals surface area contributed by atoms with E-state index < -0.39 is 5.66 Å². The van der Waals surface area contributed by atoms with Gasteiger partial charge in [0.15, 0.2) is 11.5 Å². The van der Waals surface area contributed by atoms with Gasteiger partial charge < -0.3 is 9.64 Å². The zero-order chi connectivity index (χ0) is 16.4. The third kappa shape index (κ3) is 2.74. The largest absolute Gasteiger partial charge is 0.378 e. The highest BCUT2D eigenvalue weighted by atomic mass is 16.5. The van der Waals surface area contributed by atoms with Crippen LogP contribution in [-0.2, 0) is 10.4 Å². The van der Waals surface area contributed by atoms with Gasteiger partial charge >= 0.3 is 0 Å². The van der Waals surface area contributed by atoms with Crippen molar-refractivity contribution in [1.29, 1.82) is 0 Å².